The molecule has 0 radical (unpaired) electrons. The number of thiophene rings is 1. The van der Waals surface area contributed by atoms with Gasteiger partial charge in [0.1, 0.15) is 5.82 Å². The average Bonchev–Trinajstić information content (AvgIpc) is 2.78. The third-order valence-corrected chi connectivity index (χ3v) is 5.25. The number of piperidine rings is 1. The van der Waals surface area contributed by atoms with Crippen molar-refractivity contribution in [3.8, 4) is 0 Å². The second-order valence-corrected chi connectivity index (χ2v) is 7.06. The number of hydrogen-bond donors (Lipinski definition) is 1. The Morgan fingerprint density at radius 2 is 1.95 bits per heavy atom. The van der Waals surface area contributed by atoms with E-state index in [4.69, 9.17) is 0 Å². The smallest absolute Gasteiger partial charge is 0.126 e. The van der Waals surface area contributed by atoms with Crippen LogP contribution < -0.4 is 5.32 Å². The molecule has 2 heterocycles. The van der Waals surface area contributed by atoms with Gasteiger partial charge in [0.15, 0.2) is 0 Å². The zero-order valence-electron chi connectivity index (χ0n) is 11.9. The summed E-state index contributed by atoms with van der Waals surface area (Å²) in [6.45, 7) is 6.22. The lowest BCUT2D eigenvalue weighted by Crippen LogP contribution is -2.34. The maximum atomic E-state index is 14.1. The van der Waals surface area contributed by atoms with Crippen molar-refractivity contribution in [1.29, 1.82) is 0 Å². The third-order valence-electron chi connectivity index (χ3n) is 4.27. The Bertz CT molecular complexity index is 605. The van der Waals surface area contributed by atoms with Crippen LogP contribution in [0.25, 0.3) is 0 Å². The highest BCUT2D eigenvalue weighted by Gasteiger charge is 2.30. The van der Waals surface area contributed by atoms with Crippen molar-refractivity contribution in [1.82, 2.24) is 5.32 Å². The first-order valence-corrected chi connectivity index (χ1v) is 8.00. The molecule has 1 aliphatic heterocycles. The molecule has 1 fully saturated rings. The molecule has 0 aliphatic carbocycles. The van der Waals surface area contributed by atoms with Crippen LogP contribution in [0.3, 0.4) is 0 Å². The molecule has 0 spiro atoms. The van der Waals surface area contributed by atoms with Gasteiger partial charge in [0.05, 0.1) is 0 Å². The zero-order valence-corrected chi connectivity index (χ0v) is 12.8. The van der Waals surface area contributed by atoms with E-state index in [1.807, 2.05) is 23.5 Å². The van der Waals surface area contributed by atoms with E-state index in [1.165, 1.54) is 15.3 Å². The molecule has 3 rings (SSSR count). The van der Waals surface area contributed by atoms with Crippen molar-refractivity contribution < 1.29 is 4.39 Å². The standard InChI is InChI=1S/C17H20FNS/c1-11-9-15(12(2)20-11)13-7-8-19-10-16(13)14-5-3-4-6-17(14)18/h3-6,9,13,16,19H,7-8,10H2,1-2H3. The van der Waals surface area contributed by atoms with Gasteiger partial charge in [-0.25, -0.2) is 4.39 Å². The summed E-state index contributed by atoms with van der Waals surface area (Å²) < 4.78 is 14.1. The number of aryl methyl sites for hydroxylation is 2. The number of benzene rings is 1. The van der Waals surface area contributed by atoms with Gasteiger partial charge in [-0.3, -0.25) is 0 Å². The Labute approximate surface area is 123 Å². The SMILES string of the molecule is Cc1cc(C2CCNCC2c2ccccc2F)c(C)s1. The molecule has 1 aromatic heterocycles. The van der Waals surface area contributed by atoms with Crippen LogP contribution in [0.15, 0.2) is 30.3 Å². The normalized spacial score (nSPS) is 22.9. The van der Waals surface area contributed by atoms with Crippen LogP contribution in [0.1, 0.15) is 39.1 Å². The summed E-state index contributed by atoms with van der Waals surface area (Å²) >= 11 is 1.85. The fourth-order valence-corrected chi connectivity index (χ4v) is 4.35. The maximum absolute atomic E-state index is 14.1. The van der Waals surface area contributed by atoms with E-state index in [0.29, 0.717) is 5.92 Å². The molecule has 20 heavy (non-hydrogen) atoms. The molecule has 2 unspecified atom stereocenters. The number of nitrogens with one attached hydrogen (secondary N) is 1. The molecular weight excluding hydrogens is 269 g/mol. The van der Waals surface area contributed by atoms with Crippen LogP contribution in [0.4, 0.5) is 4.39 Å². The van der Waals surface area contributed by atoms with Gasteiger partial charge in [0, 0.05) is 22.2 Å². The predicted molar refractivity (Wildman–Crippen MR) is 83.2 cm³/mol. The van der Waals surface area contributed by atoms with Crippen LogP contribution in [0.5, 0.6) is 0 Å². The molecule has 0 saturated carbocycles. The summed E-state index contributed by atoms with van der Waals surface area (Å²) in [7, 11) is 0. The fraction of sp³-hybridized carbons (Fsp3) is 0.412. The molecule has 1 nitrogen and oxygen atoms in total. The van der Waals surface area contributed by atoms with Gasteiger partial charge in [-0.05, 0) is 56.0 Å². The molecule has 1 N–H and O–H groups in total. The predicted octanol–water partition coefficient (Wildman–Crippen LogP) is 4.36. The Hall–Kier alpha value is -1.19. The average molecular weight is 289 g/mol. The molecule has 0 bridgehead atoms. The second-order valence-electron chi connectivity index (χ2n) is 5.60. The van der Waals surface area contributed by atoms with Gasteiger partial charge < -0.3 is 5.32 Å². The molecule has 0 amide bonds. The molecular formula is C17H20FNS. The zero-order chi connectivity index (χ0) is 14.1. The van der Waals surface area contributed by atoms with E-state index in [2.05, 4.69) is 25.2 Å². The monoisotopic (exact) mass is 289 g/mol. The van der Waals surface area contributed by atoms with E-state index < -0.39 is 0 Å². The highest BCUT2D eigenvalue weighted by molar-refractivity contribution is 7.12. The van der Waals surface area contributed by atoms with Crippen molar-refractivity contribution in [3.63, 3.8) is 0 Å². The second kappa shape index (κ2) is 5.66. The Morgan fingerprint density at radius 1 is 1.15 bits per heavy atom. The van der Waals surface area contributed by atoms with Crippen LogP contribution >= 0.6 is 11.3 Å². The molecule has 1 aromatic carbocycles. The minimum absolute atomic E-state index is 0.0733. The third kappa shape index (κ3) is 2.52. The van der Waals surface area contributed by atoms with E-state index in [0.717, 1.165) is 25.1 Å². The summed E-state index contributed by atoms with van der Waals surface area (Å²) in [6.07, 6.45) is 1.08. The first kappa shape index (κ1) is 13.8. The van der Waals surface area contributed by atoms with Crippen molar-refractivity contribution in [2.24, 2.45) is 0 Å². The Kier molecular flexibility index (Phi) is 3.90. The number of halogens is 1. The first-order chi connectivity index (χ1) is 9.66. The van der Waals surface area contributed by atoms with Crippen LogP contribution in [-0.2, 0) is 0 Å². The number of rotatable bonds is 2. The van der Waals surface area contributed by atoms with Crippen molar-refractivity contribution in [2.45, 2.75) is 32.1 Å². The largest absolute Gasteiger partial charge is 0.316 e. The maximum Gasteiger partial charge on any atom is 0.126 e. The lowest BCUT2D eigenvalue weighted by atomic mass is 9.77. The summed E-state index contributed by atoms with van der Waals surface area (Å²) in [5.41, 5.74) is 2.27. The van der Waals surface area contributed by atoms with Gasteiger partial charge >= 0.3 is 0 Å². The molecule has 2 aromatic rings. The van der Waals surface area contributed by atoms with Crippen LogP contribution in [-0.4, -0.2) is 13.1 Å². The summed E-state index contributed by atoms with van der Waals surface area (Å²) in [5, 5.41) is 3.42. The molecule has 106 valence electrons. The molecule has 3 heteroatoms. The first-order valence-electron chi connectivity index (χ1n) is 7.19. The summed E-state index contributed by atoms with van der Waals surface area (Å²) in [6, 6.07) is 9.52. The molecule has 1 aliphatic rings. The lowest BCUT2D eigenvalue weighted by Gasteiger charge is -2.33. The quantitative estimate of drug-likeness (QED) is 0.866. The topological polar surface area (TPSA) is 12.0 Å². The highest BCUT2D eigenvalue weighted by Crippen LogP contribution is 2.41. The van der Waals surface area contributed by atoms with Crippen LogP contribution in [0.2, 0.25) is 0 Å². The van der Waals surface area contributed by atoms with Crippen molar-refractivity contribution in [3.05, 3.63) is 57.0 Å². The van der Waals surface area contributed by atoms with Gasteiger partial charge in [-0.15, -0.1) is 11.3 Å². The molecule has 1 saturated heterocycles. The van der Waals surface area contributed by atoms with Gasteiger partial charge in [0.2, 0.25) is 0 Å². The minimum atomic E-state index is -0.0733. The Balaban J connectivity index is 2.00. The van der Waals surface area contributed by atoms with Gasteiger partial charge in [-0.2, -0.15) is 0 Å². The van der Waals surface area contributed by atoms with Crippen molar-refractivity contribution >= 4 is 11.3 Å². The van der Waals surface area contributed by atoms with E-state index >= 15 is 0 Å². The van der Waals surface area contributed by atoms with Crippen LogP contribution in [0, 0.1) is 19.7 Å². The van der Waals surface area contributed by atoms with Gasteiger partial charge in [-0.1, -0.05) is 18.2 Å². The van der Waals surface area contributed by atoms with E-state index in [-0.39, 0.29) is 11.7 Å². The summed E-state index contributed by atoms with van der Waals surface area (Å²) in [5.74, 6) is 0.589. The van der Waals surface area contributed by atoms with E-state index in [1.54, 1.807) is 12.1 Å². The fourth-order valence-electron chi connectivity index (χ4n) is 3.35. The highest BCUT2D eigenvalue weighted by atomic mass is 32.1. The van der Waals surface area contributed by atoms with E-state index in [9.17, 15) is 4.39 Å². The number of hydrogen-bond acceptors (Lipinski definition) is 2. The lowest BCUT2D eigenvalue weighted by molar-refractivity contribution is 0.393. The molecule has 2 atom stereocenters. The van der Waals surface area contributed by atoms with Gasteiger partial charge in [0.25, 0.3) is 0 Å². The van der Waals surface area contributed by atoms with Crippen molar-refractivity contribution in [2.75, 3.05) is 13.1 Å². The summed E-state index contributed by atoms with van der Waals surface area (Å²) in [4.78, 5) is 2.74. The Morgan fingerprint density at radius 3 is 2.65 bits per heavy atom. The minimum Gasteiger partial charge on any atom is -0.316 e.